The van der Waals surface area contributed by atoms with Crippen LogP contribution < -0.4 is 0 Å². The molecule has 1 heterocycles. The highest BCUT2D eigenvalue weighted by molar-refractivity contribution is 5.76. The van der Waals surface area contributed by atoms with E-state index in [4.69, 9.17) is 4.74 Å². The van der Waals surface area contributed by atoms with Crippen LogP contribution >= 0.6 is 0 Å². The quantitative estimate of drug-likeness (QED) is 0.496. The van der Waals surface area contributed by atoms with Crippen molar-refractivity contribution in [3.8, 4) is 0 Å². The van der Waals surface area contributed by atoms with E-state index in [1.807, 2.05) is 24.8 Å². The molecule has 0 amide bonds. The Kier molecular flexibility index (Phi) is 5.80. The maximum atomic E-state index is 12.4. The number of piperidine rings is 1. The van der Waals surface area contributed by atoms with Crippen molar-refractivity contribution in [1.29, 1.82) is 0 Å². The molecule has 1 fully saturated rings. The maximum absolute atomic E-state index is 12.4. The van der Waals surface area contributed by atoms with E-state index in [9.17, 15) is 20.0 Å². The van der Waals surface area contributed by atoms with Gasteiger partial charge >= 0.3 is 5.97 Å². The summed E-state index contributed by atoms with van der Waals surface area (Å²) in [5, 5.41) is 22.5. The Balaban J connectivity index is 2.57. The lowest BCUT2D eigenvalue weighted by molar-refractivity contribution is -0.559. The summed E-state index contributed by atoms with van der Waals surface area (Å²) in [6, 6.07) is 6.45. The molecular weight excluding hydrogens is 324 g/mol. The van der Waals surface area contributed by atoms with Crippen LogP contribution in [0.1, 0.15) is 38.8 Å². The second-order valence-corrected chi connectivity index (χ2v) is 7.14. The number of aliphatic hydroxyl groups is 1. The Morgan fingerprint density at radius 2 is 2.00 bits per heavy atom. The van der Waals surface area contributed by atoms with Crippen LogP contribution in [0.3, 0.4) is 0 Å². The summed E-state index contributed by atoms with van der Waals surface area (Å²) < 4.78 is 4.95. The lowest BCUT2D eigenvalue weighted by Crippen LogP contribution is -2.62. The van der Waals surface area contributed by atoms with Crippen molar-refractivity contribution < 1.29 is 19.6 Å². The van der Waals surface area contributed by atoms with Gasteiger partial charge in [-0.1, -0.05) is 44.2 Å². The van der Waals surface area contributed by atoms with Gasteiger partial charge in [0.1, 0.15) is 17.7 Å². The van der Waals surface area contributed by atoms with Crippen molar-refractivity contribution in [3.63, 3.8) is 0 Å². The topological polar surface area (TPSA) is 92.9 Å². The molecule has 138 valence electrons. The highest BCUT2D eigenvalue weighted by Gasteiger charge is 2.55. The van der Waals surface area contributed by atoms with Crippen molar-refractivity contribution in [2.24, 2.45) is 5.92 Å². The third-order valence-corrected chi connectivity index (χ3v) is 4.97. The fourth-order valence-electron chi connectivity index (χ4n) is 3.75. The monoisotopic (exact) mass is 350 g/mol. The highest BCUT2D eigenvalue weighted by Crippen LogP contribution is 2.40. The second-order valence-electron chi connectivity index (χ2n) is 7.14. The summed E-state index contributed by atoms with van der Waals surface area (Å²) in [6.45, 7) is 5.64. The minimum Gasteiger partial charge on any atom is -0.468 e. The molecule has 0 radical (unpaired) electrons. The minimum atomic E-state index is -1.46. The van der Waals surface area contributed by atoms with Crippen molar-refractivity contribution in [2.75, 3.05) is 13.7 Å². The van der Waals surface area contributed by atoms with Crippen LogP contribution in [0, 0.1) is 16.0 Å². The van der Waals surface area contributed by atoms with E-state index in [0.29, 0.717) is 12.1 Å². The number of benzene rings is 1. The molecule has 1 saturated heterocycles. The fourth-order valence-corrected chi connectivity index (χ4v) is 3.75. The molecule has 0 unspecified atom stereocenters. The molecule has 1 N–H and O–H groups in total. The molecule has 7 heteroatoms. The van der Waals surface area contributed by atoms with Crippen LogP contribution in [0.2, 0.25) is 0 Å². The van der Waals surface area contributed by atoms with Crippen molar-refractivity contribution in [1.82, 2.24) is 4.90 Å². The van der Waals surface area contributed by atoms with Crippen LogP contribution in [-0.2, 0) is 9.53 Å². The highest BCUT2D eigenvalue weighted by atomic mass is 16.6. The van der Waals surface area contributed by atoms with Gasteiger partial charge in [-0.2, -0.15) is 0 Å². The lowest BCUT2D eigenvalue weighted by atomic mass is 9.78. The van der Waals surface area contributed by atoms with E-state index >= 15 is 0 Å². The van der Waals surface area contributed by atoms with Gasteiger partial charge in [0.2, 0.25) is 0 Å². The van der Waals surface area contributed by atoms with Gasteiger partial charge in [-0.15, -0.1) is 0 Å². The molecule has 1 aliphatic rings. The number of ether oxygens (including phenoxy) is 1. The number of methoxy groups -OCH3 is 1. The number of rotatable bonds is 5. The normalized spacial score (nSPS) is 28.6. The number of carbonyl (C=O) groups is 1. The first-order valence-electron chi connectivity index (χ1n) is 8.45. The first-order chi connectivity index (χ1) is 11.7. The lowest BCUT2D eigenvalue weighted by Gasteiger charge is -2.47. The molecule has 0 aliphatic carbocycles. The Labute approximate surface area is 147 Å². The zero-order chi connectivity index (χ0) is 18.8. The predicted molar refractivity (Wildman–Crippen MR) is 92.6 cm³/mol. The van der Waals surface area contributed by atoms with Crippen LogP contribution in [-0.4, -0.2) is 52.2 Å². The number of hydrogen-bond donors (Lipinski definition) is 1. The van der Waals surface area contributed by atoms with Crippen LogP contribution in [0.25, 0.3) is 0 Å². The molecule has 0 aromatic heterocycles. The van der Waals surface area contributed by atoms with E-state index in [2.05, 4.69) is 0 Å². The second kappa shape index (κ2) is 7.49. The number of carbonyl (C=O) groups excluding carboxylic acids is 1. The van der Waals surface area contributed by atoms with E-state index in [1.165, 1.54) is 14.0 Å². The summed E-state index contributed by atoms with van der Waals surface area (Å²) in [5.41, 5.74) is -0.753. The predicted octanol–water partition coefficient (Wildman–Crippen LogP) is 2.03. The van der Waals surface area contributed by atoms with Crippen LogP contribution in [0.15, 0.2) is 30.3 Å². The molecule has 1 aromatic rings. The van der Waals surface area contributed by atoms with E-state index in [0.717, 1.165) is 0 Å². The smallest absolute Gasteiger partial charge is 0.323 e. The summed E-state index contributed by atoms with van der Waals surface area (Å²) >= 11 is 0. The van der Waals surface area contributed by atoms with Gasteiger partial charge in [0.15, 0.2) is 0 Å². The van der Waals surface area contributed by atoms with Gasteiger partial charge in [-0.3, -0.25) is 19.8 Å². The Morgan fingerprint density at radius 1 is 1.40 bits per heavy atom. The molecule has 0 bridgehead atoms. The van der Waals surface area contributed by atoms with Gasteiger partial charge in [0.25, 0.3) is 6.04 Å². The van der Waals surface area contributed by atoms with Crippen molar-refractivity contribution in [2.45, 2.75) is 50.9 Å². The number of hydrogen-bond acceptors (Lipinski definition) is 6. The van der Waals surface area contributed by atoms with Crippen LogP contribution in [0.4, 0.5) is 0 Å². The van der Waals surface area contributed by atoms with Gasteiger partial charge in [0.05, 0.1) is 7.11 Å². The largest absolute Gasteiger partial charge is 0.468 e. The van der Waals surface area contributed by atoms with E-state index in [1.54, 1.807) is 24.3 Å². The minimum absolute atomic E-state index is 0.0888. The molecule has 0 saturated carbocycles. The first-order valence-corrected chi connectivity index (χ1v) is 8.45. The Bertz CT molecular complexity index is 617. The van der Waals surface area contributed by atoms with Gasteiger partial charge < -0.3 is 9.84 Å². The number of nitro groups is 1. The zero-order valence-electron chi connectivity index (χ0n) is 15.1. The average Bonchev–Trinajstić information content (AvgIpc) is 2.55. The average molecular weight is 350 g/mol. The standard InChI is InChI=1S/C18H26N2O5/c1-12(2)14(17(21)25-4)19-11-10-18(3,22)16(20(23)24)15(19)13-8-6-5-7-9-13/h5-9,12,14-16,22H,10-11H2,1-4H3/t14-,15+,16+,18+/m1/s1. The molecule has 2 rings (SSSR count). The zero-order valence-corrected chi connectivity index (χ0v) is 15.1. The molecule has 7 nitrogen and oxygen atoms in total. The Morgan fingerprint density at radius 3 is 2.48 bits per heavy atom. The summed E-state index contributed by atoms with van der Waals surface area (Å²) in [7, 11) is 1.32. The number of nitrogens with zero attached hydrogens (tertiary/aromatic N) is 2. The van der Waals surface area contributed by atoms with Crippen molar-refractivity contribution in [3.05, 3.63) is 46.0 Å². The Hall–Kier alpha value is -1.99. The third kappa shape index (κ3) is 3.82. The molecule has 1 aliphatic heterocycles. The molecule has 0 spiro atoms. The number of esters is 1. The summed E-state index contributed by atoms with van der Waals surface area (Å²) in [6.07, 6.45) is 0.211. The SMILES string of the molecule is COC(=O)[C@@H](C(C)C)N1CC[C@](C)(O)[C@@H]([N+](=O)[O-])[C@@H]1c1ccccc1. The molecular formula is C18H26N2O5. The van der Waals surface area contributed by atoms with Gasteiger partial charge in [-0.05, 0) is 24.8 Å². The van der Waals surface area contributed by atoms with Gasteiger partial charge in [-0.25, -0.2) is 0 Å². The maximum Gasteiger partial charge on any atom is 0.323 e. The fraction of sp³-hybridized carbons (Fsp3) is 0.611. The van der Waals surface area contributed by atoms with E-state index in [-0.39, 0.29) is 12.3 Å². The molecule has 4 atom stereocenters. The number of likely N-dealkylation sites (tertiary alicyclic amines) is 1. The van der Waals surface area contributed by atoms with Crippen molar-refractivity contribution >= 4 is 5.97 Å². The third-order valence-electron chi connectivity index (χ3n) is 4.97. The van der Waals surface area contributed by atoms with Gasteiger partial charge in [0, 0.05) is 11.5 Å². The van der Waals surface area contributed by atoms with E-state index < -0.39 is 34.6 Å². The molecule has 1 aromatic carbocycles. The first kappa shape index (κ1) is 19.3. The van der Waals surface area contributed by atoms with Crippen LogP contribution in [0.5, 0.6) is 0 Å². The molecule has 25 heavy (non-hydrogen) atoms. The summed E-state index contributed by atoms with van der Waals surface area (Å²) in [5.74, 6) is -0.506. The summed E-state index contributed by atoms with van der Waals surface area (Å²) in [4.78, 5) is 25.6.